The molecule has 0 spiro atoms. The van der Waals surface area contributed by atoms with E-state index < -0.39 is 18.0 Å². The highest BCUT2D eigenvalue weighted by Crippen LogP contribution is 2.37. The number of halogens is 3. The standard InChI is InChI=1S/C19H28Cl3NO2Si/c1-14(15-8-6-5-7-9-15)23(18(24)19(20,21)22)16-10-12-17(13-11-16)25-26(2,3)4/h5-9,14,16-17H,10-13H2,1-4H3/t14-,16?,17?/m0/s1. The minimum atomic E-state index is -1.95. The Kier molecular flexibility index (Phi) is 7.48. The lowest BCUT2D eigenvalue weighted by molar-refractivity contribution is -0.136. The van der Waals surface area contributed by atoms with Gasteiger partial charge in [-0.1, -0.05) is 65.1 Å². The molecule has 0 aromatic heterocycles. The molecular weight excluding hydrogens is 409 g/mol. The molecule has 0 bridgehead atoms. The van der Waals surface area contributed by atoms with Gasteiger partial charge in [-0.15, -0.1) is 0 Å². The van der Waals surface area contributed by atoms with Gasteiger partial charge in [0, 0.05) is 12.1 Å². The lowest BCUT2D eigenvalue weighted by Crippen LogP contribution is -2.49. The van der Waals surface area contributed by atoms with Crippen molar-refractivity contribution < 1.29 is 9.22 Å². The molecule has 0 heterocycles. The Morgan fingerprint density at radius 1 is 1.12 bits per heavy atom. The summed E-state index contributed by atoms with van der Waals surface area (Å²) in [5, 5.41) is 0. The second-order valence-electron chi connectivity index (χ2n) is 7.96. The van der Waals surface area contributed by atoms with Crippen molar-refractivity contribution in [3.8, 4) is 0 Å². The summed E-state index contributed by atoms with van der Waals surface area (Å²) in [4.78, 5) is 14.7. The molecule has 0 radical (unpaired) electrons. The molecule has 1 aliphatic carbocycles. The summed E-state index contributed by atoms with van der Waals surface area (Å²) in [6.07, 6.45) is 3.85. The summed E-state index contributed by atoms with van der Waals surface area (Å²) >= 11 is 17.9. The molecule has 1 amide bonds. The van der Waals surface area contributed by atoms with Crippen LogP contribution in [-0.2, 0) is 9.22 Å². The van der Waals surface area contributed by atoms with Crippen LogP contribution in [0, 0.1) is 0 Å². The lowest BCUT2D eigenvalue weighted by atomic mass is 9.90. The van der Waals surface area contributed by atoms with Gasteiger partial charge in [0.05, 0.1) is 6.04 Å². The Bertz CT molecular complexity index is 593. The number of hydrogen-bond acceptors (Lipinski definition) is 2. The summed E-state index contributed by atoms with van der Waals surface area (Å²) in [6, 6.07) is 9.78. The molecule has 1 aromatic carbocycles. The maximum absolute atomic E-state index is 12.9. The fourth-order valence-corrected chi connectivity index (χ4v) is 5.17. The Morgan fingerprint density at radius 3 is 2.12 bits per heavy atom. The number of carbonyl (C=O) groups is 1. The highest BCUT2D eigenvalue weighted by atomic mass is 35.6. The smallest absolute Gasteiger partial charge is 0.275 e. The van der Waals surface area contributed by atoms with E-state index in [4.69, 9.17) is 39.2 Å². The number of nitrogens with zero attached hydrogens (tertiary/aromatic N) is 1. The Labute approximate surface area is 173 Å². The third-order valence-corrected chi connectivity index (χ3v) is 6.26. The Balaban J connectivity index is 2.17. The quantitative estimate of drug-likeness (QED) is 0.411. The maximum atomic E-state index is 12.9. The van der Waals surface area contributed by atoms with E-state index in [9.17, 15) is 4.79 Å². The van der Waals surface area contributed by atoms with Crippen molar-refractivity contribution in [3.05, 3.63) is 35.9 Å². The van der Waals surface area contributed by atoms with Crippen molar-refractivity contribution in [1.29, 1.82) is 0 Å². The van der Waals surface area contributed by atoms with E-state index in [0.29, 0.717) is 0 Å². The van der Waals surface area contributed by atoms with Crippen molar-refractivity contribution in [2.45, 2.75) is 74.2 Å². The fraction of sp³-hybridized carbons (Fsp3) is 0.632. The highest BCUT2D eigenvalue weighted by Gasteiger charge is 2.42. The zero-order chi connectivity index (χ0) is 19.5. The van der Waals surface area contributed by atoms with Gasteiger partial charge in [-0.25, -0.2) is 0 Å². The minimum Gasteiger partial charge on any atom is -0.415 e. The normalized spacial score (nSPS) is 22.7. The molecule has 1 aromatic rings. The largest absolute Gasteiger partial charge is 0.415 e. The van der Waals surface area contributed by atoms with Crippen LogP contribution in [0.2, 0.25) is 19.6 Å². The van der Waals surface area contributed by atoms with Gasteiger partial charge in [0.25, 0.3) is 9.70 Å². The van der Waals surface area contributed by atoms with E-state index in [1.807, 2.05) is 37.3 Å². The second kappa shape index (κ2) is 8.83. The van der Waals surface area contributed by atoms with Crippen molar-refractivity contribution in [1.82, 2.24) is 4.90 Å². The maximum Gasteiger partial charge on any atom is 0.275 e. The van der Waals surface area contributed by atoms with Crippen LogP contribution < -0.4 is 0 Å². The molecule has 1 fully saturated rings. The van der Waals surface area contributed by atoms with Gasteiger partial charge in [0.1, 0.15) is 0 Å². The van der Waals surface area contributed by atoms with Crippen LogP contribution in [0.25, 0.3) is 0 Å². The van der Waals surface area contributed by atoms with Crippen LogP contribution in [-0.4, -0.2) is 35.1 Å². The van der Waals surface area contributed by atoms with E-state index in [1.165, 1.54) is 0 Å². The number of amides is 1. The first-order valence-corrected chi connectivity index (χ1v) is 13.7. The number of alkyl halides is 3. The van der Waals surface area contributed by atoms with Crippen LogP contribution in [0.4, 0.5) is 0 Å². The summed E-state index contributed by atoms with van der Waals surface area (Å²) in [7, 11) is -1.56. The van der Waals surface area contributed by atoms with Gasteiger partial charge in [0.15, 0.2) is 8.32 Å². The third kappa shape index (κ3) is 6.13. The Morgan fingerprint density at radius 2 is 1.65 bits per heavy atom. The molecule has 1 aliphatic rings. The van der Waals surface area contributed by atoms with Crippen molar-refractivity contribution in [2.24, 2.45) is 0 Å². The minimum absolute atomic E-state index is 0.0508. The predicted octanol–water partition coefficient (Wildman–Crippen LogP) is 6.11. The van der Waals surface area contributed by atoms with Crippen LogP contribution in [0.15, 0.2) is 30.3 Å². The summed E-state index contributed by atoms with van der Waals surface area (Å²) < 4.78 is 4.29. The molecule has 1 saturated carbocycles. The monoisotopic (exact) mass is 435 g/mol. The Hall–Kier alpha value is -0.263. The van der Waals surface area contributed by atoms with E-state index in [-0.39, 0.29) is 18.2 Å². The van der Waals surface area contributed by atoms with Gasteiger partial charge in [0.2, 0.25) is 0 Å². The van der Waals surface area contributed by atoms with Crippen molar-refractivity contribution in [3.63, 3.8) is 0 Å². The van der Waals surface area contributed by atoms with Gasteiger partial charge in [-0.3, -0.25) is 4.79 Å². The average molecular weight is 437 g/mol. The molecule has 0 aliphatic heterocycles. The van der Waals surface area contributed by atoms with Gasteiger partial charge >= 0.3 is 0 Å². The topological polar surface area (TPSA) is 29.5 Å². The number of hydrogen-bond donors (Lipinski definition) is 0. The molecule has 0 N–H and O–H groups in total. The highest BCUT2D eigenvalue weighted by molar-refractivity contribution is 6.76. The number of benzene rings is 1. The van der Waals surface area contributed by atoms with Gasteiger partial charge in [-0.05, 0) is 57.8 Å². The molecule has 3 nitrogen and oxygen atoms in total. The van der Waals surface area contributed by atoms with Crippen LogP contribution in [0.5, 0.6) is 0 Å². The zero-order valence-corrected chi connectivity index (χ0v) is 19.1. The van der Waals surface area contributed by atoms with Crippen molar-refractivity contribution in [2.75, 3.05) is 0 Å². The average Bonchev–Trinajstić information content (AvgIpc) is 2.55. The molecule has 2 rings (SSSR count). The molecule has 7 heteroatoms. The van der Waals surface area contributed by atoms with E-state index in [2.05, 4.69) is 19.6 Å². The molecule has 0 unspecified atom stereocenters. The van der Waals surface area contributed by atoms with E-state index >= 15 is 0 Å². The first-order valence-electron chi connectivity index (χ1n) is 9.11. The van der Waals surface area contributed by atoms with E-state index in [1.54, 1.807) is 4.90 Å². The first-order chi connectivity index (χ1) is 12.0. The SMILES string of the molecule is C[C@@H](c1ccccc1)N(C(=O)C(Cl)(Cl)Cl)C1CCC(O[Si](C)(C)C)CC1. The first kappa shape index (κ1) is 22.0. The second-order valence-corrected chi connectivity index (χ2v) is 14.7. The van der Waals surface area contributed by atoms with Gasteiger partial charge < -0.3 is 9.33 Å². The summed E-state index contributed by atoms with van der Waals surface area (Å²) in [5.41, 5.74) is 1.04. The van der Waals surface area contributed by atoms with E-state index in [0.717, 1.165) is 31.2 Å². The molecule has 0 saturated heterocycles. The zero-order valence-electron chi connectivity index (χ0n) is 15.8. The predicted molar refractivity (Wildman–Crippen MR) is 112 cm³/mol. The van der Waals surface area contributed by atoms with Crippen molar-refractivity contribution >= 4 is 49.0 Å². The summed E-state index contributed by atoms with van der Waals surface area (Å²) in [6.45, 7) is 8.61. The number of rotatable bonds is 5. The third-order valence-electron chi connectivity index (χ3n) is 4.73. The van der Waals surface area contributed by atoms with Crippen LogP contribution in [0.3, 0.4) is 0 Å². The molecule has 26 heavy (non-hydrogen) atoms. The number of carbonyl (C=O) groups excluding carboxylic acids is 1. The van der Waals surface area contributed by atoms with Crippen LogP contribution in [0.1, 0.15) is 44.2 Å². The molecular formula is C19H28Cl3NO2Si. The summed E-state index contributed by atoms with van der Waals surface area (Å²) in [5.74, 6) is -0.451. The van der Waals surface area contributed by atoms with Gasteiger partial charge in [-0.2, -0.15) is 0 Å². The lowest BCUT2D eigenvalue weighted by Gasteiger charge is -2.42. The molecule has 1 atom stereocenters. The van der Waals surface area contributed by atoms with Crippen LogP contribution >= 0.6 is 34.8 Å². The molecule has 146 valence electrons. The fourth-order valence-electron chi connectivity index (χ4n) is 3.64.